The summed E-state index contributed by atoms with van der Waals surface area (Å²) in [6.45, 7) is 5.60. The lowest BCUT2D eigenvalue weighted by Gasteiger charge is -2.17. The molecule has 32 heavy (non-hydrogen) atoms. The molecular weight excluding hydrogens is 451 g/mol. The van der Waals surface area contributed by atoms with Gasteiger partial charge in [0.15, 0.2) is 32.1 Å². The number of carbonyl (C=O) groups is 1. The van der Waals surface area contributed by atoms with Crippen LogP contribution in [0.15, 0.2) is 69.8 Å². The predicted molar refractivity (Wildman–Crippen MR) is 123 cm³/mol. The van der Waals surface area contributed by atoms with Crippen molar-refractivity contribution in [1.29, 1.82) is 0 Å². The molecule has 4 rings (SSSR count). The van der Waals surface area contributed by atoms with Gasteiger partial charge in [0.2, 0.25) is 0 Å². The quantitative estimate of drug-likeness (QED) is 0.360. The van der Waals surface area contributed by atoms with E-state index in [9.17, 15) is 17.6 Å². The Morgan fingerprint density at radius 3 is 2.59 bits per heavy atom. The number of furan rings is 1. The first-order valence-electron chi connectivity index (χ1n) is 9.57. The van der Waals surface area contributed by atoms with Gasteiger partial charge in [-0.2, -0.15) is 0 Å². The van der Waals surface area contributed by atoms with Crippen molar-refractivity contribution < 1.29 is 22.0 Å². The number of para-hydroxylation sites is 1. The summed E-state index contributed by atoms with van der Waals surface area (Å²) in [6, 6.07) is 10.9. The van der Waals surface area contributed by atoms with E-state index in [0.717, 1.165) is 6.26 Å². The highest BCUT2D eigenvalue weighted by atomic mass is 32.2. The largest absolute Gasteiger partial charge is 0.448 e. The number of aromatic nitrogens is 1. The minimum atomic E-state index is -3.30. The molecule has 0 fully saturated rings. The van der Waals surface area contributed by atoms with Crippen LogP contribution >= 0.6 is 11.3 Å². The Kier molecular flexibility index (Phi) is 5.70. The maximum absolute atomic E-state index is 14.1. The molecule has 0 aliphatic heterocycles. The van der Waals surface area contributed by atoms with Crippen LogP contribution in [0.3, 0.4) is 0 Å². The molecule has 0 unspecified atom stereocenters. The Labute approximate surface area is 188 Å². The molecular formula is C23H19FN2O4S2. The van der Waals surface area contributed by atoms with Crippen LogP contribution in [-0.4, -0.2) is 32.1 Å². The lowest BCUT2D eigenvalue weighted by molar-refractivity contribution is 0.0964. The minimum Gasteiger partial charge on any atom is -0.448 e. The van der Waals surface area contributed by atoms with Crippen molar-refractivity contribution in [3.63, 3.8) is 0 Å². The third-order valence-electron chi connectivity index (χ3n) is 4.97. The molecule has 4 aromatic rings. The van der Waals surface area contributed by atoms with Gasteiger partial charge in [-0.3, -0.25) is 9.69 Å². The van der Waals surface area contributed by atoms with E-state index in [1.165, 1.54) is 34.4 Å². The van der Waals surface area contributed by atoms with Crippen molar-refractivity contribution >= 4 is 43.2 Å². The van der Waals surface area contributed by atoms with E-state index >= 15 is 0 Å². The van der Waals surface area contributed by atoms with Gasteiger partial charge in [-0.1, -0.05) is 30.3 Å². The number of carbonyl (C=O) groups excluding carboxylic acids is 1. The summed E-state index contributed by atoms with van der Waals surface area (Å²) in [4.78, 5) is 19.5. The number of aryl methyl sites for hydroxylation is 1. The molecule has 0 bridgehead atoms. The number of thiazole rings is 1. The van der Waals surface area contributed by atoms with Crippen molar-refractivity contribution in [1.82, 2.24) is 4.98 Å². The van der Waals surface area contributed by atoms with E-state index in [2.05, 4.69) is 11.6 Å². The summed E-state index contributed by atoms with van der Waals surface area (Å²) in [5.41, 5.74) is 1.90. The summed E-state index contributed by atoms with van der Waals surface area (Å²) in [5, 5.41) is 2.73. The third-order valence-corrected chi connectivity index (χ3v) is 6.96. The molecule has 0 radical (unpaired) electrons. The highest BCUT2D eigenvalue weighted by molar-refractivity contribution is 7.90. The SMILES string of the molecule is C=CCN(C(=O)c1oc2c(F)cccc2c1C)c1nc(-c2ccc(S(C)(=O)=O)cc2)cs1. The van der Waals surface area contributed by atoms with E-state index in [-0.39, 0.29) is 22.8 Å². The monoisotopic (exact) mass is 470 g/mol. The molecule has 0 aliphatic rings. The van der Waals surface area contributed by atoms with Crippen LogP contribution in [0.4, 0.5) is 9.52 Å². The van der Waals surface area contributed by atoms with Crippen molar-refractivity contribution in [2.45, 2.75) is 11.8 Å². The first-order chi connectivity index (χ1) is 15.2. The molecule has 0 saturated carbocycles. The van der Waals surface area contributed by atoms with Gasteiger partial charge < -0.3 is 4.42 Å². The number of amides is 1. The van der Waals surface area contributed by atoms with E-state index in [0.29, 0.717) is 27.3 Å². The molecule has 164 valence electrons. The van der Waals surface area contributed by atoms with E-state index in [4.69, 9.17) is 4.42 Å². The molecule has 2 heterocycles. The van der Waals surface area contributed by atoms with Gasteiger partial charge in [0.25, 0.3) is 5.91 Å². The van der Waals surface area contributed by atoms with Crippen LogP contribution in [0.1, 0.15) is 16.1 Å². The number of benzene rings is 2. The molecule has 0 N–H and O–H groups in total. The number of halogens is 1. The number of hydrogen-bond donors (Lipinski definition) is 0. The normalized spacial score (nSPS) is 11.6. The Bertz CT molecular complexity index is 1440. The Balaban J connectivity index is 1.69. The Morgan fingerprint density at radius 1 is 1.25 bits per heavy atom. The van der Waals surface area contributed by atoms with Crippen LogP contribution in [0.5, 0.6) is 0 Å². The van der Waals surface area contributed by atoms with Gasteiger partial charge in [-0.05, 0) is 25.1 Å². The third kappa shape index (κ3) is 3.96. The fraction of sp³-hybridized carbons (Fsp3) is 0.130. The number of fused-ring (bicyclic) bond motifs is 1. The van der Waals surface area contributed by atoms with Gasteiger partial charge in [0, 0.05) is 34.7 Å². The standard InChI is InChI=1S/C23H19FN2O4S2/c1-4-12-26(22(27)20-14(2)17-6-5-7-18(24)21(17)30-20)23-25-19(13-31-23)15-8-10-16(11-9-15)32(3,28)29/h4-11,13H,1,12H2,2-3H3. The fourth-order valence-electron chi connectivity index (χ4n) is 3.31. The van der Waals surface area contributed by atoms with Crippen LogP contribution < -0.4 is 4.90 Å². The van der Waals surface area contributed by atoms with Crippen molar-refractivity contribution in [2.75, 3.05) is 17.7 Å². The number of rotatable bonds is 6. The molecule has 2 aromatic heterocycles. The zero-order valence-corrected chi connectivity index (χ0v) is 19.0. The molecule has 9 heteroatoms. The summed E-state index contributed by atoms with van der Waals surface area (Å²) >= 11 is 1.25. The Hall–Kier alpha value is -3.30. The number of nitrogens with zero attached hydrogens (tertiary/aromatic N) is 2. The molecule has 0 spiro atoms. The lowest BCUT2D eigenvalue weighted by atomic mass is 10.1. The molecule has 0 saturated heterocycles. The zero-order chi connectivity index (χ0) is 23.0. The van der Waals surface area contributed by atoms with Crippen molar-refractivity contribution in [3.05, 3.63) is 77.6 Å². The summed E-state index contributed by atoms with van der Waals surface area (Å²) in [5.74, 6) is -0.943. The van der Waals surface area contributed by atoms with E-state index < -0.39 is 21.6 Å². The van der Waals surface area contributed by atoms with Gasteiger partial charge in [0.1, 0.15) is 0 Å². The van der Waals surface area contributed by atoms with Crippen LogP contribution in [0.25, 0.3) is 22.2 Å². The van der Waals surface area contributed by atoms with Crippen LogP contribution in [-0.2, 0) is 9.84 Å². The zero-order valence-electron chi connectivity index (χ0n) is 17.3. The second-order valence-corrected chi connectivity index (χ2v) is 10.0. The first-order valence-corrected chi connectivity index (χ1v) is 12.3. The van der Waals surface area contributed by atoms with Crippen LogP contribution in [0.2, 0.25) is 0 Å². The average Bonchev–Trinajstić information content (AvgIpc) is 3.37. The molecule has 2 aromatic carbocycles. The first kappa shape index (κ1) is 21.9. The van der Waals surface area contributed by atoms with Gasteiger partial charge in [-0.25, -0.2) is 17.8 Å². The number of anilines is 1. The predicted octanol–water partition coefficient (Wildman–Crippen LogP) is 5.24. The highest BCUT2D eigenvalue weighted by Gasteiger charge is 2.26. The average molecular weight is 471 g/mol. The maximum atomic E-state index is 14.1. The van der Waals surface area contributed by atoms with Gasteiger partial charge in [-0.15, -0.1) is 17.9 Å². The molecule has 1 amide bonds. The smallest absolute Gasteiger partial charge is 0.296 e. The fourth-order valence-corrected chi connectivity index (χ4v) is 4.78. The molecule has 0 atom stereocenters. The van der Waals surface area contributed by atoms with Gasteiger partial charge >= 0.3 is 0 Å². The van der Waals surface area contributed by atoms with E-state index in [1.807, 2.05) is 0 Å². The minimum absolute atomic E-state index is 0.0395. The lowest BCUT2D eigenvalue weighted by Crippen LogP contribution is -2.31. The number of sulfone groups is 1. The Morgan fingerprint density at radius 2 is 1.97 bits per heavy atom. The van der Waals surface area contributed by atoms with Crippen molar-refractivity contribution in [2.24, 2.45) is 0 Å². The topological polar surface area (TPSA) is 80.5 Å². The maximum Gasteiger partial charge on any atom is 0.296 e. The molecule has 0 aliphatic carbocycles. The van der Waals surface area contributed by atoms with Gasteiger partial charge in [0.05, 0.1) is 10.6 Å². The number of hydrogen-bond acceptors (Lipinski definition) is 6. The molecule has 6 nitrogen and oxygen atoms in total. The highest BCUT2D eigenvalue weighted by Crippen LogP contribution is 2.32. The second-order valence-electron chi connectivity index (χ2n) is 7.19. The second kappa shape index (κ2) is 8.33. The van der Waals surface area contributed by atoms with Crippen LogP contribution in [0, 0.1) is 12.7 Å². The van der Waals surface area contributed by atoms with Crippen molar-refractivity contribution in [3.8, 4) is 11.3 Å². The van der Waals surface area contributed by atoms with E-state index in [1.54, 1.807) is 42.6 Å². The summed E-state index contributed by atoms with van der Waals surface area (Å²) in [6.07, 6.45) is 2.71. The summed E-state index contributed by atoms with van der Waals surface area (Å²) in [7, 11) is -3.30. The summed E-state index contributed by atoms with van der Waals surface area (Å²) < 4.78 is 43.1.